The van der Waals surface area contributed by atoms with E-state index in [0.29, 0.717) is 11.3 Å². The number of aromatic nitrogens is 2. The van der Waals surface area contributed by atoms with Crippen molar-refractivity contribution in [2.24, 2.45) is 0 Å². The average molecular weight is 348 g/mol. The molecule has 0 aliphatic rings. The molecule has 7 heteroatoms. The standard InChI is InChI=1S/C19H16N4O3/c24-18(9-12-11-20-15-7-3-1-5-13(12)15)21-22-19(25)10-16-14-6-2-4-8-17(14)26-23-16/h1-8,11,20H,9-10H2,(H,21,24)(H,22,25). The van der Waals surface area contributed by atoms with Crippen molar-refractivity contribution in [1.29, 1.82) is 0 Å². The third kappa shape index (κ3) is 3.14. The molecular formula is C19H16N4O3. The van der Waals surface area contributed by atoms with Gasteiger partial charge in [-0.1, -0.05) is 35.5 Å². The second-order valence-electron chi connectivity index (χ2n) is 5.93. The lowest BCUT2D eigenvalue weighted by molar-refractivity contribution is -0.128. The van der Waals surface area contributed by atoms with Crippen molar-refractivity contribution < 1.29 is 14.1 Å². The molecule has 4 rings (SSSR count). The van der Waals surface area contributed by atoms with E-state index < -0.39 is 0 Å². The lowest BCUT2D eigenvalue weighted by Crippen LogP contribution is -2.43. The molecule has 2 heterocycles. The van der Waals surface area contributed by atoms with Gasteiger partial charge in [0, 0.05) is 22.5 Å². The first-order valence-corrected chi connectivity index (χ1v) is 8.16. The molecule has 130 valence electrons. The number of fused-ring (bicyclic) bond motifs is 2. The maximum Gasteiger partial charge on any atom is 0.244 e. The van der Waals surface area contributed by atoms with Crippen LogP contribution < -0.4 is 10.9 Å². The van der Waals surface area contributed by atoms with Gasteiger partial charge in [0.15, 0.2) is 5.58 Å². The zero-order valence-electron chi connectivity index (χ0n) is 13.8. The summed E-state index contributed by atoms with van der Waals surface area (Å²) in [4.78, 5) is 27.3. The lowest BCUT2D eigenvalue weighted by Gasteiger charge is -2.06. The summed E-state index contributed by atoms with van der Waals surface area (Å²) in [6.45, 7) is 0. The zero-order chi connectivity index (χ0) is 17.9. The number of amides is 2. The van der Waals surface area contributed by atoms with Crippen molar-refractivity contribution in [3.05, 3.63) is 66.0 Å². The highest BCUT2D eigenvalue weighted by Crippen LogP contribution is 2.18. The summed E-state index contributed by atoms with van der Waals surface area (Å²) in [6.07, 6.45) is 1.98. The number of para-hydroxylation sites is 2. The number of H-pyrrole nitrogens is 1. The third-order valence-electron chi connectivity index (χ3n) is 4.15. The van der Waals surface area contributed by atoms with Gasteiger partial charge in [-0.2, -0.15) is 0 Å². The van der Waals surface area contributed by atoms with E-state index in [1.54, 1.807) is 12.3 Å². The van der Waals surface area contributed by atoms with E-state index in [2.05, 4.69) is 21.0 Å². The molecule has 0 bridgehead atoms. The van der Waals surface area contributed by atoms with Crippen LogP contribution in [0.5, 0.6) is 0 Å². The second-order valence-corrected chi connectivity index (χ2v) is 5.93. The van der Waals surface area contributed by atoms with Gasteiger partial charge >= 0.3 is 0 Å². The van der Waals surface area contributed by atoms with Gasteiger partial charge in [-0.25, -0.2) is 0 Å². The molecule has 2 aromatic heterocycles. The SMILES string of the molecule is O=C(Cc1c[nH]c2ccccc12)NNC(=O)Cc1noc2ccccc12. The van der Waals surface area contributed by atoms with Crippen LogP contribution >= 0.6 is 0 Å². The molecule has 0 spiro atoms. The number of hydrogen-bond acceptors (Lipinski definition) is 4. The van der Waals surface area contributed by atoms with E-state index in [-0.39, 0.29) is 24.7 Å². The van der Waals surface area contributed by atoms with Crippen LogP contribution in [-0.2, 0) is 22.4 Å². The summed E-state index contributed by atoms with van der Waals surface area (Å²) in [5.74, 6) is -0.663. The Kier molecular flexibility index (Phi) is 4.10. The summed E-state index contributed by atoms with van der Waals surface area (Å²) in [5.41, 5.74) is 7.85. The molecule has 2 amide bonds. The van der Waals surface area contributed by atoms with Crippen molar-refractivity contribution in [2.75, 3.05) is 0 Å². The average Bonchev–Trinajstić information content (AvgIpc) is 3.25. The molecule has 0 atom stereocenters. The predicted octanol–water partition coefficient (Wildman–Crippen LogP) is 2.24. The van der Waals surface area contributed by atoms with Crippen molar-refractivity contribution in [3.63, 3.8) is 0 Å². The van der Waals surface area contributed by atoms with E-state index in [4.69, 9.17) is 4.52 Å². The molecule has 0 saturated carbocycles. The van der Waals surface area contributed by atoms with E-state index in [1.165, 1.54) is 0 Å². The minimum Gasteiger partial charge on any atom is -0.361 e. The van der Waals surface area contributed by atoms with Crippen molar-refractivity contribution >= 4 is 33.7 Å². The van der Waals surface area contributed by atoms with E-state index >= 15 is 0 Å². The fourth-order valence-corrected chi connectivity index (χ4v) is 2.90. The first-order valence-electron chi connectivity index (χ1n) is 8.16. The van der Waals surface area contributed by atoms with Gasteiger partial charge in [0.25, 0.3) is 0 Å². The summed E-state index contributed by atoms with van der Waals surface area (Å²) in [7, 11) is 0. The van der Waals surface area contributed by atoms with Crippen LogP contribution in [0.15, 0.2) is 59.3 Å². The monoisotopic (exact) mass is 348 g/mol. The Hall–Kier alpha value is -3.61. The van der Waals surface area contributed by atoms with E-state index in [9.17, 15) is 9.59 Å². The maximum atomic E-state index is 12.1. The van der Waals surface area contributed by atoms with Gasteiger partial charge in [-0.3, -0.25) is 20.4 Å². The van der Waals surface area contributed by atoms with Crippen LogP contribution in [0.1, 0.15) is 11.3 Å². The molecule has 0 aliphatic carbocycles. The van der Waals surface area contributed by atoms with Crippen LogP contribution in [-0.4, -0.2) is 22.0 Å². The van der Waals surface area contributed by atoms with Crippen LogP contribution in [0, 0.1) is 0 Å². The Morgan fingerprint density at radius 1 is 0.923 bits per heavy atom. The molecule has 2 aromatic carbocycles. The molecule has 7 nitrogen and oxygen atoms in total. The maximum absolute atomic E-state index is 12.1. The van der Waals surface area contributed by atoms with E-state index in [1.807, 2.05) is 42.5 Å². The Morgan fingerprint density at radius 2 is 1.62 bits per heavy atom. The minimum atomic E-state index is -0.365. The largest absolute Gasteiger partial charge is 0.361 e. The van der Waals surface area contributed by atoms with Crippen molar-refractivity contribution in [1.82, 2.24) is 21.0 Å². The third-order valence-corrected chi connectivity index (χ3v) is 4.15. The van der Waals surface area contributed by atoms with Crippen LogP contribution in [0.4, 0.5) is 0 Å². The quantitative estimate of drug-likeness (QED) is 0.492. The molecule has 4 aromatic rings. The molecule has 0 aliphatic heterocycles. The Balaban J connectivity index is 1.34. The van der Waals surface area contributed by atoms with Gasteiger partial charge in [0.1, 0.15) is 5.69 Å². The van der Waals surface area contributed by atoms with Gasteiger partial charge in [-0.05, 0) is 23.8 Å². The highest BCUT2D eigenvalue weighted by Gasteiger charge is 2.13. The number of carbonyl (C=O) groups is 2. The Labute approximate surface area is 148 Å². The molecule has 0 radical (unpaired) electrons. The number of nitrogens with one attached hydrogen (secondary N) is 3. The Bertz CT molecular complexity index is 1010. The number of nitrogens with zero attached hydrogens (tertiary/aromatic N) is 1. The van der Waals surface area contributed by atoms with Gasteiger partial charge in [-0.15, -0.1) is 0 Å². The van der Waals surface area contributed by atoms with Gasteiger partial charge in [0.05, 0.1) is 12.8 Å². The van der Waals surface area contributed by atoms with Gasteiger partial charge in [0.2, 0.25) is 11.8 Å². The molecular weight excluding hydrogens is 332 g/mol. The highest BCUT2D eigenvalue weighted by atomic mass is 16.5. The molecule has 26 heavy (non-hydrogen) atoms. The molecule has 0 saturated heterocycles. The number of hydrogen-bond donors (Lipinski definition) is 3. The first kappa shape index (κ1) is 15.9. The molecule has 0 unspecified atom stereocenters. The number of rotatable bonds is 4. The number of carbonyl (C=O) groups excluding carboxylic acids is 2. The zero-order valence-corrected chi connectivity index (χ0v) is 13.8. The normalized spacial score (nSPS) is 10.9. The first-order chi connectivity index (χ1) is 12.7. The smallest absolute Gasteiger partial charge is 0.244 e. The second kappa shape index (κ2) is 6.72. The predicted molar refractivity (Wildman–Crippen MR) is 96.0 cm³/mol. The van der Waals surface area contributed by atoms with Crippen molar-refractivity contribution in [3.8, 4) is 0 Å². The number of aromatic amines is 1. The number of benzene rings is 2. The minimum absolute atomic E-state index is 0.0182. The molecule has 3 N–H and O–H groups in total. The molecule has 0 fully saturated rings. The summed E-state index contributed by atoms with van der Waals surface area (Å²) in [5, 5.41) is 5.68. The van der Waals surface area contributed by atoms with Crippen molar-refractivity contribution in [2.45, 2.75) is 12.8 Å². The van der Waals surface area contributed by atoms with Crippen LogP contribution in [0.3, 0.4) is 0 Å². The van der Waals surface area contributed by atoms with E-state index in [0.717, 1.165) is 21.9 Å². The lowest BCUT2D eigenvalue weighted by atomic mass is 10.1. The fraction of sp³-hybridized carbons (Fsp3) is 0.105. The highest BCUT2D eigenvalue weighted by molar-refractivity contribution is 5.90. The summed E-state index contributed by atoms with van der Waals surface area (Å²) < 4.78 is 5.17. The summed E-state index contributed by atoms with van der Waals surface area (Å²) in [6, 6.07) is 15.0. The number of hydrazine groups is 1. The topological polar surface area (TPSA) is 100 Å². The summed E-state index contributed by atoms with van der Waals surface area (Å²) >= 11 is 0. The van der Waals surface area contributed by atoms with Crippen LogP contribution in [0.2, 0.25) is 0 Å². The Morgan fingerprint density at radius 3 is 2.46 bits per heavy atom. The fourth-order valence-electron chi connectivity index (χ4n) is 2.90. The van der Waals surface area contributed by atoms with Gasteiger partial charge < -0.3 is 9.51 Å². The van der Waals surface area contributed by atoms with Crippen LogP contribution in [0.25, 0.3) is 21.9 Å².